The van der Waals surface area contributed by atoms with Gasteiger partial charge in [-0.25, -0.2) is 23.9 Å². The van der Waals surface area contributed by atoms with Crippen LogP contribution in [-0.4, -0.2) is 71.3 Å². The summed E-state index contributed by atoms with van der Waals surface area (Å²) in [4.78, 5) is 36.1. The molecule has 12 heteroatoms. The third-order valence-corrected chi connectivity index (χ3v) is 5.92. The normalized spacial score (nSPS) is 22.4. The summed E-state index contributed by atoms with van der Waals surface area (Å²) in [5, 5.41) is 12.0. The maximum Gasteiger partial charge on any atom is 0.357 e. The van der Waals surface area contributed by atoms with Gasteiger partial charge in [-0.05, 0) is 26.3 Å². The van der Waals surface area contributed by atoms with Gasteiger partial charge in [0.1, 0.15) is 24.3 Å². The number of ether oxygens (including phenoxy) is 3. The molecule has 2 aromatic rings. The Kier molecular flexibility index (Phi) is 5.48. The Labute approximate surface area is 194 Å². The van der Waals surface area contributed by atoms with Crippen LogP contribution >= 0.6 is 0 Å². The Bertz CT molecular complexity index is 1140. The van der Waals surface area contributed by atoms with Crippen LogP contribution in [0.4, 0.5) is 26.5 Å². The first-order valence-corrected chi connectivity index (χ1v) is 10.9. The molecule has 5 rings (SSSR count). The van der Waals surface area contributed by atoms with Gasteiger partial charge >= 0.3 is 12.0 Å². The summed E-state index contributed by atoms with van der Waals surface area (Å²) in [7, 11) is 0. The van der Waals surface area contributed by atoms with E-state index >= 15 is 0 Å². The van der Waals surface area contributed by atoms with Gasteiger partial charge < -0.3 is 24.2 Å². The van der Waals surface area contributed by atoms with Crippen LogP contribution in [0, 0.1) is 5.82 Å². The van der Waals surface area contributed by atoms with Crippen molar-refractivity contribution in [1.29, 1.82) is 0 Å². The highest BCUT2D eigenvalue weighted by Crippen LogP contribution is 2.40. The monoisotopic (exact) mass is 473 g/mol. The molecule has 0 aliphatic carbocycles. The number of hydrogen-bond acceptors (Lipinski definition) is 8. The molecule has 2 bridgehead atoms. The molecule has 1 unspecified atom stereocenters. The molecule has 0 radical (unpaired) electrons. The second-order valence-corrected chi connectivity index (χ2v) is 8.79. The summed E-state index contributed by atoms with van der Waals surface area (Å²) < 4.78 is 31.3. The highest BCUT2D eigenvalue weighted by atomic mass is 19.1. The predicted octanol–water partition coefficient (Wildman–Crippen LogP) is 2.48. The van der Waals surface area contributed by atoms with Crippen LogP contribution in [0.1, 0.15) is 30.8 Å². The number of pyridine rings is 2. The fraction of sp³-hybridized carbons (Fsp3) is 0.455. The van der Waals surface area contributed by atoms with Gasteiger partial charge in [-0.3, -0.25) is 10.2 Å². The zero-order valence-corrected chi connectivity index (χ0v) is 18.7. The van der Waals surface area contributed by atoms with E-state index in [0.29, 0.717) is 37.6 Å². The minimum atomic E-state index is -1.50. The van der Waals surface area contributed by atoms with E-state index < -0.39 is 29.3 Å². The minimum Gasteiger partial charge on any atom is -0.491 e. The van der Waals surface area contributed by atoms with Gasteiger partial charge in [0.15, 0.2) is 23.1 Å². The van der Waals surface area contributed by atoms with Gasteiger partial charge in [0, 0.05) is 31.4 Å². The quantitative estimate of drug-likeness (QED) is 0.673. The largest absolute Gasteiger partial charge is 0.491 e. The van der Waals surface area contributed by atoms with Gasteiger partial charge in [-0.15, -0.1) is 0 Å². The Balaban J connectivity index is 1.33. The molecule has 11 nitrogen and oxygen atoms in total. The molecule has 2 saturated heterocycles. The summed E-state index contributed by atoms with van der Waals surface area (Å²) in [5.74, 6) is -2.25. The molecular weight excluding hydrogens is 449 g/mol. The maximum absolute atomic E-state index is 14.3. The second-order valence-electron chi connectivity index (χ2n) is 8.79. The number of fused-ring (bicyclic) bond motifs is 4. The second kappa shape index (κ2) is 8.37. The number of aromatic carboxylic acids is 1. The lowest BCUT2D eigenvalue weighted by atomic mass is 10.1. The number of carbonyl (C=O) groups excluding carboxylic acids is 1. The van der Waals surface area contributed by atoms with Crippen LogP contribution in [-0.2, 0) is 9.47 Å². The predicted molar refractivity (Wildman–Crippen MR) is 118 cm³/mol. The number of amides is 2. The Hall–Kier alpha value is -3.51. The lowest BCUT2D eigenvalue weighted by Crippen LogP contribution is -2.48. The lowest BCUT2D eigenvalue weighted by molar-refractivity contribution is -0.141. The van der Waals surface area contributed by atoms with Crippen molar-refractivity contribution in [1.82, 2.24) is 9.97 Å². The first kappa shape index (κ1) is 22.3. The number of urea groups is 1. The fourth-order valence-electron chi connectivity index (χ4n) is 4.41. The zero-order valence-electron chi connectivity index (χ0n) is 18.7. The Morgan fingerprint density at radius 1 is 1.38 bits per heavy atom. The van der Waals surface area contributed by atoms with Crippen molar-refractivity contribution >= 4 is 29.3 Å². The van der Waals surface area contributed by atoms with Crippen LogP contribution in [0.3, 0.4) is 0 Å². The van der Waals surface area contributed by atoms with E-state index in [-0.39, 0.29) is 30.4 Å². The smallest absolute Gasteiger partial charge is 0.357 e. The molecule has 2 amide bonds. The molecular formula is C22H24FN5O6. The molecule has 5 heterocycles. The van der Waals surface area contributed by atoms with Crippen molar-refractivity contribution in [3.05, 3.63) is 35.9 Å². The number of rotatable bonds is 5. The van der Waals surface area contributed by atoms with Crippen LogP contribution in [0.25, 0.3) is 0 Å². The van der Waals surface area contributed by atoms with Gasteiger partial charge in [-0.2, -0.15) is 0 Å². The number of nitrogens with zero attached hydrogens (tertiary/aromatic N) is 4. The van der Waals surface area contributed by atoms with Crippen molar-refractivity contribution < 1.29 is 33.3 Å². The summed E-state index contributed by atoms with van der Waals surface area (Å²) in [5.41, 5.74) is -0.341. The number of carbonyl (C=O) groups is 2. The van der Waals surface area contributed by atoms with Crippen molar-refractivity contribution in [2.24, 2.45) is 0 Å². The first-order valence-electron chi connectivity index (χ1n) is 10.9. The van der Waals surface area contributed by atoms with Gasteiger partial charge in [-0.1, -0.05) is 0 Å². The maximum atomic E-state index is 14.3. The summed E-state index contributed by atoms with van der Waals surface area (Å²) in [6.45, 7) is 5.47. The van der Waals surface area contributed by atoms with Crippen LogP contribution in [0.2, 0.25) is 0 Å². The highest BCUT2D eigenvalue weighted by Gasteiger charge is 2.41. The van der Waals surface area contributed by atoms with E-state index in [4.69, 9.17) is 14.2 Å². The summed E-state index contributed by atoms with van der Waals surface area (Å²) in [6.07, 6.45) is 1.93. The van der Waals surface area contributed by atoms with E-state index in [9.17, 15) is 19.1 Å². The number of nitrogens with one attached hydrogen (secondary N) is 1. The summed E-state index contributed by atoms with van der Waals surface area (Å²) >= 11 is 0. The van der Waals surface area contributed by atoms with Gasteiger partial charge in [0.2, 0.25) is 0 Å². The molecule has 2 aromatic heterocycles. The van der Waals surface area contributed by atoms with Crippen LogP contribution < -0.4 is 19.9 Å². The van der Waals surface area contributed by atoms with Gasteiger partial charge in [0.25, 0.3) is 0 Å². The van der Waals surface area contributed by atoms with Crippen LogP contribution in [0.15, 0.2) is 24.4 Å². The number of carboxylic acid groups (broad SMARTS) is 1. The first-order chi connectivity index (χ1) is 16.2. The number of halogens is 1. The van der Waals surface area contributed by atoms with Crippen molar-refractivity contribution in [2.75, 3.05) is 41.4 Å². The van der Waals surface area contributed by atoms with Crippen LogP contribution in [0.5, 0.6) is 5.75 Å². The Morgan fingerprint density at radius 3 is 2.94 bits per heavy atom. The molecule has 0 spiro atoms. The molecule has 0 saturated carbocycles. The molecule has 2 N–H and O–H groups in total. The number of carboxylic acids is 1. The molecule has 0 aromatic carbocycles. The SMILES string of the molecule is CC1(C)OCC(COc2ccnc(NC(=O)N3c4nc(C(=O)O)c(F)cc4N4CC[C@H]3C4)c2)O1. The molecule has 2 atom stereocenters. The average Bonchev–Trinajstić information content (AvgIpc) is 3.36. The number of hydrogen-bond donors (Lipinski definition) is 2. The van der Waals surface area contributed by atoms with Crippen molar-refractivity contribution in [3.8, 4) is 5.75 Å². The molecule has 34 heavy (non-hydrogen) atoms. The highest BCUT2D eigenvalue weighted by molar-refractivity contribution is 6.04. The number of anilines is 3. The molecule has 3 aliphatic rings. The van der Waals surface area contributed by atoms with E-state index in [1.165, 1.54) is 11.1 Å². The van der Waals surface area contributed by atoms with E-state index in [2.05, 4.69) is 15.3 Å². The summed E-state index contributed by atoms with van der Waals surface area (Å²) in [6, 6.07) is 3.59. The van der Waals surface area contributed by atoms with Gasteiger partial charge in [0.05, 0.1) is 18.3 Å². The lowest BCUT2D eigenvalue weighted by Gasteiger charge is -2.35. The average molecular weight is 473 g/mol. The minimum absolute atomic E-state index is 0.110. The fourth-order valence-corrected chi connectivity index (χ4v) is 4.41. The zero-order chi connectivity index (χ0) is 24.0. The third kappa shape index (κ3) is 4.21. The van der Waals surface area contributed by atoms with E-state index in [1.807, 2.05) is 18.7 Å². The van der Waals surface area contributed by atoms with Crippen molar-refractivity contribution in [3.63, 3.8) is 0 Å². The molecule has 180 valence electrons. The van der Waals surface area contributed by atoms with E-state index in [1.54, 1.807) is 12.1 Å². The van der Waals surface area contributed by atoms with E-state index in [0.717, 1.165) is 6.07 Å². The van der Waals surface area contributed by atoms with Crippen molar-refractivity contribution in [2.45, 2.75) is 38.2 Å². The standard InChI is InChI=1S/C22H24FN5O6/c1-22(2)33-11-14(34-22)10-32-13-3-5-24-17(7-13)25-21(31)28-12-4-6-27(9-12)16-8-15(23)18(20(29)30)26-19(16)28/h3,5,7-8,12,14H,4,6,9-11H2,1-2H3,(H,29,30)(H,24,25,31)/t12-,14?/m0/s1. The number of aromatic nitrogens is 2. The molecule has 3 aliphatic heterocycles. The Morgan fingerprint density at radius 2 is 2.21 bits per heavy atom. The third-order valence-electron chi connectivity index (χ3n) is 5.92. The molecule has 2 fully saturated rings. The topological polar surface area (TPSA) is 126 Å².